The lowest BCUT2D eigenvalue weighted by Crippen LogP contribution is -2.43. The highest BCUT2D eigenvalue weighted by atomic mass is 16.5. The van der Waals surface area contributed by atoms with Gasteiger partial charge in [-0.25, -0.2) is 0 Å². The van der Waals surface area contributed by atoms with Crippen LogP contribution in [0.2, 0.25) is 0 Å². The Morgan fingerprint density at radius 2 is 1.80 bits per heavy atom. The molecule has 1 heterocycles. The van der Waals surface area contributed by atoms with Gasteiger partial charge in [0.25, 0.3) is 0 Å². The molecule has 0 bridgehead atoms. The lowest BCUT2D eigenvalue weighted by molar-refractivity contribution is -0.00782. The molecular formula is C18H22O7. The normalized spacial score (nSPS) is 25.6. The molecule has 1 aromatic carbocycles. The van der Waals surface area contributed by atoms with E-state index in [9.17, 15) is 15.3 Å². The Morgan fingerprint density at radius 3 is 2.44 bits per heavy atom. The zero-order valence-corrected chi connectivity index (χ0v) is 14.4. The average molecular weight is 350 g/mol. The molecule has 7 heteroatoms. The van der Waals surface area contributed by atoms with Gasteiger partial charge in [-0.05, 0) is 6.08 Å². The van der Waals surface area contributed by atoms with Gasteiger partial charge in [-0.1, -0.05) is 0 Å². The van der Waals surface area contributed by atoms with Crippen molar-refractivity contribution in [1.82, 2.24) is 0 Å². The fraction of sp³-hybridized carbons (Fsp3) is 0.444. The molecule has 3 N–H and O–H groups in total. The number of methoxy groups -OCH3 is 3. The zero-order chi connectivity index (χ0) is 18.1. The van der Waals surface area contributed by atoms with Gasteiger partial charge in [0.05, 0.1) is 27.4 Å². The second-order valence-electron chi connectivity index (χ2n) is 6.06. The Bertz CT molecular complexity index is 722. The molecule has 1 aromatic rings. The maximum atomic E-state index is 10.5. The van der Waals surface area contributed by atoms with Crippen LogP contribution in [0.5, 0.6) is 17.2 Å². The van der Waals surface area contributed by atoms with Crippen LogP contribution in [0.1, 0.15) is 12.0 Å². The van der Waals surface area contributed by atoms with Crippen molar-refractivity contribution in [2.24, 2.45) is 5.92 Å². The van der Waals surface area contributed by atoms with E-state index in [2.05, 4.69) is 0 Å². The van der Waals surface area contributed by atoms with Crippen LogP contribution in [0.15, 0.2) is 35.5 Å². The molecule has 0 saturated carbocycles. The van der Waals surface area contributed by atoms with Crippen LogP contribution >= 0.6 is 0 Å². The molecule has 7 nitrogen and oxygen atoms in total. The second kappa shape index (κ2) is 6.76. The summed E-state index contributed by atoms with van der Waals surface area (Å²) in [5, 5.41) is 30.2. The molecule has 3 atom stereocenters. The van der Waals surface area contributed by atoms with E-state index < -0.39 is 12.2 Å². The first-order valence-corrected chi connectivity index (χ1v) is 7.95. The predicted molar refractivity (Wildman–Crippen MR) is 88.1 cm³/mol. The fourth-order valence-corrected chi connectivity index (χ4v) is 3.39. The van der Waals surface area contributed by atoms with Crippen LogP contribution in [-0.4, -0.2) is 48.9 Å². The molecule has 0 fully saturated rings. The molecule has 1 aliphatic carbocycles. The first-order chi connectivity index (χ1) is 12.0. The second-order valence-corrected chi connectivity index (χ2v) is 6.06. The highest BCUT2D eigenvalue weighted by Crippen LogP contribution is 2.42. The van der Waals surface area contributed by atoms with Gasteiger partial charge < -0.3 is 34.3 Å². The van der Waals surface area contributed by atoms with E-state index in [-0.39, 0.29) is 23.8 Å². The Balaban J connectivity index is 1.92. The quantitative estimate of drug-likeness (QED) is 0.762. The van der Waals surface area contributed by atoms with Gasteiger partial charge in [0.1, 0.15) is 29.1 Å². The van der Waals surface area contributed by atoms with Crippen LogP contribution in [0.3, 0.4) is 0 Å². The van der Waals surface area contributed by atoms with Crippen molar-refractivity contribution in [3.63, 3.8) is 0 Å². The molecule has 0 radical (unpaired) electrons. The molecule has 136 valence electrons. The fourth-order valence-electron chi connectivity index (χ4n) is 3.39. The van der Waals surface area contributed by atoms with E-state index in [1.807, 2.05) is 6.08 Å². The Morgan fingerprint density at radius 1 is 1.04 bits per heavy atom. The number of rotatable bonds is 4. The van der Waals surface area contributed by atoms with Gasteiger partial charge in [-0.3, -0.25) is 0 Å². The SMILES string of the molecule is COC1=CC([C@H]2Oc3cc(O)cc(O)c3C[C@H]2O)CC(OC)=C1OC. The molecular weight excluding hydrogens is 328 g/mol. The van der Waals surface area contributed by atoms with E-state index in [0.29, 0.717) is 35.0 Å². The highest BCUT2D eigenvalue weighted by molar-refractivity contribution is 5.51. The third kappa shape index (κ3) is 3.07. The summed E-state index contributed by atoms with van der Waals surface area (Å²) in [7, 11) is 4.62. The number of phenols is 2. The third-order valence-corrected chi connectivity index (χ3v) is 4.58. The predicted octanol–water partition coefficient (Wildman–Crippen LogP) is 1.82. The lowest BCUT2D eigenvalue weighted by Gasteiger charge is -2.36. The van der Waals surface area contributed by atoms with Crippen LogP contribution in [0.4, 0.5) is 0 Å². The van der Waals surface area contributed by atoms with Crippen molar-refractivity contribution < 1.29 is 34.3 Å². The lowest BCUT2D eigenvalue weighted by atomic mass is 9.85. The molecule has 0 spiro atoms. The van der Waals surface area contributed by atoms with E-state index in [1.54, 1.807) is 7.11 Å². The minimum atomic E-state index is -0.829. The topological polar surface area (TPSA) is 97.6 Å². The van der Waals surface area contributed by atoms with Crippen LogP contribution in [0, 0.1) is 5.92 Å². The Hall–Kier alpha value is -2.54. The number of ether oxygens (including phenoxy) is 4. The van der Waals surface area contributed by atoms with Gasteiger partial charge in [-0.2, -0.15) is 0 Å². The Kier molecular flexibility index (Phi) is 4.67. The van der Waals surface area contributed by atoms with E-state index >= 15 is 0 Å². The molecule has 0 amide bonds. The summed E-state index contributed by atoms with van der Waals surface area (Å²) < 4.78 is 22.0. The van der Waals surface area contributed by atoms with E-state index in [1.165, 1.54) is 26.4 Å². The highest BCUT2D eigenvalue weighted by Gasteiger charge is 2.39. The summed E-state index contributed by atoms with van der Waals surface area (Å²) in [5.41, 5.74) is 0.480. The van der Waals surface area contributed by atoms with Gasteiger partial charge in [-0.15, -0.1) is 0 Å². The van der Waals surface area contributed by atoms with Gasteiger partial charge >= 0.3 is 0 Å². The number of aliphatic hydroxyl groups excluding tert-OH is 1. The summed E-state index contributed by atoms with van der Waals surface area (Å²) in [6.45, 7) is 0. The van der Waals surface area contributed by atoms with Crippen LogP contribution in [-0.2, 0) is 20.6 Å². The van der Waals surface area contributed by atoms with Crippen LogP contribution < -0.4 is 4.74 Å². The maximum absolute atomic E-state index is 10.5. The number of allylic oxidation sites excluding steroid dienone is 1. The van der Waals surface area contributed by atoms with Crippen molar-refractivity contribution in [1.29, 1.82) is 0 Å². The number of fused-ring (bicyclic) bond motifs is 1. The standard InChI is InChI=1S/C18H22O7/c1-22-15-4-9(5-16(23-2)18(15)24-3)17-13(21)8-11-12(20)6-10(19)7-14(11)25-17/h4,6-7,9,13,17,19-21H,5,8H2,1-3H3/t9?,13-,17-/m1/s1. The number of benzene rings is 1. The molecule has 2 aliphatic rings. The third-order valence-electron chi connectivity index (χ3n) is 4.58. The average Bonchev–Trinajstić information content (AvgIpc) is 2.60. The summed E-state index contributed by atoms with van der Waals surface area (Å²) in [4.78, 5) is 0. The molecule has 25 heavy (non-hydrogen) atoms. The monoisotopic (exact) mass is 350 g/mol. The van der Waals surface area contributed by atoms with Crippen molar-refractivity contribution in [3.05, 3.63) is 41.0 Å². The van der Waals surface area contributed by atoms with Crippen molar-refractivity contribution >= 4 is 0 Å². The van der Waals surface area contributed by atoms with Gasteiger partial charge in [0, 0.05) is 36.5 Å². The smallest absolute Gasteiger partial charge is 0.198 e. The largest absolute Gasteiger partial charge is 0.508 e. The first kappa shape index (κ1) is 17.3. The zero-order valence-electron chi connectivity index (χ0n) is 14.4. The number of hydrogen-bond acceptors (Lipinski definition) is 7. The summed E-state index contributed by atoms with van der Waals surface area (Å²) in [6, 6.07) is 2.67. The van der Waals surface area contributed by atoms with Crippen molar-refractivity contribution in [2.75, 3.05) is 21.3 Å². The molecule has 0 saturated heterocycles. The summed E-state index contributed by atoms with van der Waals surface area (Å²) in [5.74, 6) is 1.58. The minimum absolute atomic E-state index is 0.0941. The summed E-state index contributed by atoms with van der Waals surface area (Å²) >= 11 is 0. The first-order valence-electron chi connectivity index (χ1n) is 7.95. The molecule has 0 aromatic heterocycles. The van der Waals surface area contributed by atoms with Crippen molar-refractivity contribution in [2.45, 2.75) is 25.0 Å². The van der Waals surface area contributed by atoms with E-state index in [0.717, 1.165) is 0 Å². The number of aliphatic hydroxyl groups is 1. The number of hydrogen-bond donors (Lipinski definition) is 3. The molecule has 3 rings (SSSR count). The number of phenolic OH excluding ortho intramolecular Hbond substituents is 2. The molecule has 1 unspecified atom stereocenters. The minimum Gasteiger partial charge on any atom is -0.508 e. The summed E-state index contributed by atoms with van der Waals surface area (Å²) in [6.07, 6.45) is 1.12. The van der Waals surface area contributed by atoms with Crippen molar-refractivity contribution in [3.8, 4) is 17.2 Å². The van der Waals surface area contributed by atoms with Crippen LogP contribution in [0.25, 0.3) is 0 Å². The number of aromatic hydroxyl groups is 2. The molecule has 1 aliphatic heterocycles. The maximum Gasteiger partial charge on any atom is 0.198 e. The van der Waals surface area contributed by atoms with E-state index in [4.69, 9.17) is 18.9 Å². The Labute approximate surface area is 145 Å². The van der Waals surface area contributed by atoms with Gasteiger partial charge in [0.2, 0.25) is 0 Å². The van der Waals surface area contributed by atoms with Gasteiger partial charge in [0.15, 0.2) is 11.5 Å².